The molecular formula is C15H9N3O2. The molecule has 4 rings (SSSR count). The zero-order valence-electron chi connectivity index (χ0n) is 10.4. The Hall–Kier alpha value is -2.95. The highest BCUT2D eigenvalue weighted by molar-refractivity contribution is 6.34. The molecule has 20 heavy (non-hydrogen) atoms. The summed E-state index contributed by atoms with van der Waals surface area (Å²) in [7, 11) is 0. The van der Waals surface area contributed by atoms with Gasteiger partial charge in [-0.3, -0.25) is 14.0 Å². The number of imidazole rings is 1. The highest BCUT2D eigenvalue weighted by Crippen LogP contribution is 2.28. The Bertz CT molecular complexity index is 831. The average Bonchev–Trinajstić information content (AvgIpc) is 3.04. The molecule has 5 nitrogen and oxygen atoms in total. The van der Waals surface area contributed by atoms with E-state index < -0.39 is 0 Å². The molecule has 0 N–H and O–H groups in total. The third-order valence-corrected chi connectivity index (χ3v) is 3.45. The van der Waals surface area contributed by atoms with Gasteiger partial charge in [-0.1, -0.05) is 18.2 Å². The zero-order chi connectivity index (χ0) is 13.7. The summed E-state index contributed by atoms with van der Waals surface area (Å²) >= 11 is 0. The third kappa shape index (κ3) is 1.29. The van der Waals surface area contributed by atoms with Gasteiger partial charge in [0.2, 0.25) is 0 Å². The monoisotopic (exact) mass is 263 g/mol. The fraction of sp³-hybridized carbons (Fsp3) is 0. The Morgan fingerprint density at radius 1 is 0.850 bits per heavy atom. The summed E-state index contributed by atoms with van der Waals surface area (Å²) in [5, 5.41) is 0. The van der Waals surface area contributed by atoms with Gasteiger partial charge in [-0.2, -0.15) is 0 Å². The minimum Gasteiger partial charge on any atom is -0.285 e. The number of hydrogen-bond acceptors (Lipinski definition) is 3. The molecule has 0 radical (unpaired) electrons. The summed E-state index contributed by atoms with van der Waals surface area (Å²) < 4.78 is 1.72. The molecule has 0 saturated heterocycles. The molecule has 1 aliphatic rings. The molecule has 3 heterocycles. The standard InChI is InChI=1S/C15H9N3O2/c19-14-11-5-1-2-6-12(11)15(20)18(14)13-7-3-4-10-8-16-9-17(10)13/h1-9H. The highest BCUT2D eigenvalue weighted by Gasteiger charge is 2.37. The van der Waals surface area contributed by atoms with Crippen LogP contribution in [-0.4, -0.2) is 21.2 Å². The molecule has 0 saturated carbocycles. The molecule has 0 bridgehead atoms. The molecule has 3 aromatic rings. The van der Waals surface area contributed by atoms with E-state index >= 15 is 0 Å². The van der Waals surface area contributed by atoms with Gasteiger partial charge in [-0.25, -0.2) is 9.88 Å². The minimum atomic E-state index is -0.299. The van der Waals surface area contributed by atoms with Crippen LogP contribution in [-0.2, 0) is 0 Å². The lowest BCUT2D eigenvalue weighted by Gasteiger charge is -2.15. The van der Waals surface area contributed by atoms with E-state index in [1.54, 1.807) is 53.3 Å². The molecule has 0 atom stereocenters. The van der Waals surface area contributed by atoms with Crippen LogP contribution in [0.5, 0.6) is 0 Å². The molecule has 0 unspecified atom stereocenters. The predicted molar refractivity (Wildman–Crippen MR) is 72.8 cm³/mol. The second kappa shape index (κ2) is 3.77. The van der Waals surface area contributed by atoms with Crippen molar-refractivity contribution >= 4 is 23.1 Å². The van der Waals surface area contributed by atoms with Gasteiger partial charge >= 0.3 is 0 Å². The first kappa shape index (κ1) is 10.9. The summed E-state index contributed by atoms with van der Waals surface area (Å²) in [4.78, 5) is 30.1. The summed E-state index contributed by atoms with van der Waals surface area (Å²) in [5.41, 5.74) is 1.71. The molecule has 0 aliphatic carbocycles. The first-order valence-corrected chi connectivity index (χ1v) is 6.16. The van der Waals surface area contributed by atoms with Crippen molar-refractivity contribution in [1.29, 1.82) is 0 Å². The van der Waals surface area contributed by atoms with Crippen molar-refractivity contribution in [3.05, 3.63) is 66.1 Å². The number of imide groups is 1. The molecule has 1 aliphatic heterocycles. The number of anilines is 1. The highest BCUT2D eigenvalue weighted by atomic mass is 16.2. The number of aromatic nitrogens is 2. The van der Waals surface area contributed by atoms with Crippen LogP contribution >= 0.6 is 0 Å². The van der Waals surface area contributed by atoms with Crippen molar-refractivity contribution in [1.82, 2.24) is 9.38 Å². The summed E-state index contributed by atoms with van der Waals surface area (Å²) in [6, 6.07) is 12.3. The van der Waals surface area contributed by atoms with E-state index in [4.69, 9.17) is 0 Å². The van der Waals surface area contributed by atoms with Crippen LogP contribution in [0.4, 0.5) is 5.82 Å². The van der Waals surface area contributed by atoms with E-state index in [0.717, 1.165) is 5.52 Å². The van der Waals surface area contributed by atoms with Crippen molar-refractivity contribution < 1.29 is 9.59 Å². The second-order valence-corrected chi connectivity index (χ2v) is 4.56. The Morgan fingerprint density at radius 3 is 2.25 bits per heavy atom. The van der Waals surface area contributed by atoms with Crippen molar-refractivity contribution in [2.24, 2.45) is 0 Å². The first-order valence-electron chi connectivity index (χ1n) is 6.16. The van der Waals surface area contributed by atoms with Gasteiger partial charge in [0.25, 0.3) is 11.8 Å². The molecule has 5 heteroatoms. The summed E-state index contributed by atoms with van der Waals surface area (Å²) in [6.07, 6.45) is 3.27. The third-order valence-electron chi connectivity index (χ3n) is 3.45. The normalized spacial score (nSPS) is 14.1. The Kier molecular flexibility index (Phi) is 2.06. The van der Waals surface area contributed by atoms with E-state index in [1.165, 1.54) is 4.90 Å². The lowest BCUT2D eigenvalue weighted by molar-refractivity contribution is 0.0924. The maximum atomic E-state index is 12.4. The van der Waals surface area contributed by atoms with Crippen LogP contribution in [0.25, 0.3) is 5.52 Å². The molecule has 2 amide bonds. The number of fused-ring (bicyclic) bond motifs is 2. The topological polar surface area (TPSA) is 54.7 Å². The molecule has 0 fully saturated rings. The first-order chi connectivity index (χ1) is 9.77. The van der Waals surface area contributed by atoms with E-state index in [-0.39, 0.29) is 11.8 Å². The average molecular weight is 263 g/mol. The van der Waals surface area contributed by atoms with Gasteiger partial charge in [0.15, 0.2) is 0 Å². The van der Waals surface area contributed by atoms with E-state index in [2.05, 4.69) is 4.98 Å². The van der Waals surface area contributed by atoms with Gasteiger partial charge in [0, 0.05) is 0 Å². The molecule has 2 aromatic heterocycles. The van der Waals surface area contributed by atoms with Gasteiger partial charge < -0.3 is 0 Å². The quantitative estimate of drug-likeness (QED) is 0.632. The Balaban J connectivity index is 1.95. The summed E-state index contributed by atoms with van der Waals surface area (Å²) in [5.74, 6) is -0.0928. The number of benzene rings is 1. The van der Waals surface area contributed by atoms with E-state index in [1.807, 2.05) is 6.07 Å². The molecular weight excluding hydrogens is 254 g/mol. The molecule has 0 spiro atoms. The zero-order valence-corrected chi connectivity index (χ0v) is 10.4. The molecule has 1 aromatic carbocycles. The lowest BCUT2D eigenvalue weighted by atomic mass is 10.1. The maximum Gasteiger partial charge on any atom is 0.267 e. The lowest BCUT2D eigenvalue weighted by Crippen LogP contribution is -2.30. The second-order valence-electron chi connectivity index (χ2n) is 4.56. The van der Waals surface area contributed by atoms with E-state index in [0.29, 0.717) is 16.9 Å². The SMILES string of the molecule is O=C1c2ccccc2C(=O)N1c1cccc2cncn12. The number of nitrogens with zero attached hydrogens (tertiary/aromatic N) is 3. The number of rotatable bonds is 1. The van der Waals surface area contributed by atoms with Crippen LogP contribution < -0.4 is 4.90 Å². The smallest absolute Gasteiger partial charge is 0.267 e. The largest absolute Gasteiger partial charge is 0.285 e. The Labute approximate surface area is 114 Å². The van der Waals surface area contributed by atoms with Gasteiger partial charge in [-0.05, 0) is 24.3 Å². The van der Waals surface area contributed by atoms with Crippen LogP contribution in [0.1, 0.15) is 20.7 Å². The molecule has 96 valence electrons. The van der Waals surface area contributed by atoms with Crippen molar-refractivity contribution in [2.45, 2.75) is 0 Å². The number of pyridine rings is 1. The van der Waals surface area contributed by atoms with Crippen LogP contribution in [0.15, 0.2) is 55.0 Å². The van der Waals surface area contributed by atoms with Crippen molar-refractivity contribution in [3.63, 3.8) is 0 Å². The van der Waals surface area contributed by atoms with Crippen LogP contribution in [0.3, 0.4) is 0 Å². The van der Waals surface area contributed by atoms with Crippen LogP contribution in [0, 0.1) is 0 Å². The van der Waals surface area contributed by atoms with Gasteiger partial charge in [0.1, 0.15) is 12.1 Å². The van der Waals surface area contributed by atoms with Crippen LogP contribution in [0.2, 0.25) is 0 Å². The fourth-order valence-corrected chi connectivity index (χ4v) is 2.51. The van der Waals surface area contributed by atoms with Crippen molar-refractivity contribution in [2.75, 3.05) is 4.90 Å². The van der Waals surface area contributed by atoms with E-state index in [9.17, 15) is 9.59 Å². The minimum absolute atomic E-state index is 0.299. The number of hydrogen-bond donors (Lipinski definition) is 0. The number of amides is 2. The van der Waals surface area contributed by atoms with Gasteiger partial charge in [0.05, 0.1) is 22.8 Å². The van der Waals surface area contributed by atoms with Gasteiger partial charge in [-0.15, -0.1) is 0 Å². The Morgan fingerprint density at radius 2 is 1.55 bits per heavy atom. The number of carbonyl (C=O) groups excluding carboxylic acids is 2. The maximum absolute atomic E-state index is 12.4. The van der Waals surface area contributed by atoms with Crippen molar-refractivity contribution in [3.8, 4) is 0 Å². The summed E-state index contributed by atoms with van der Waals surface area (Å²) in [6.45, 7) is 0. The fourth-order valence-electron chi connectivity index (χ4n) is 2.51. The predicted octanol–water partition coefficient (Wildman–Crippen LogP) is 2.13. The number of carbonyl (C=O) groups is 2.